The second kappa shape index (κ2) is 7.42. The third kappa shape index (κ3) is 3.99. The van der Waals surface area contributed by atoms with E-state index in [4.69, 9.17) is 10.00 Å². The molecule has 2 aliphatic rings. The molecule has 0 N–H and O–H groups in total. The van der Waals surface area contributed by atoms with Gasteiger partial charge in [-0.3, -0.25) is 4.79 Å². The highest BCUT2D eigenvalue weighted by Crippen LogP contribution is 2.19. The van der Waals surface area contributed by atoms with E-state index in [0.717, 1.165) is 44.8 Å². The van der Waals surface area contributed by atoms with Crippen molar-refractivity contribution in [1.29, 1.82) is 5.26 Å². The number of carbonyl (C=O) groups excluding carboxylic acids is 1. The molecule has 1 atom stereocenters. The molecule has 1 unspecified atom stereocenters. The van der Waals surface area contributed by atoms with Crippen molar-refractivity contribution in [2.24, 2.45) is 0 Å². The molecule has 122 valence electrons. The molecule has 3 heterocycles. The van der Waals surface area contributed by atoms with Gasteiger partial charge in [0.15, 0.2) is 0 Å². The van der Waals surface area contributed by atoms with Gasteiger partial charge in [0, 0.05) is 45.4 Å². The molecule has 0 bridgehead atoms. The molecule has 2 saturated heterocycles. The average Bonchev–Trinajstić information content (AvgIpc) is 3.13. The number of nitriles is 1. The second-order valence-corrected chi connectivity index (χ2v) is 6.06. The highest BCUT2D eigenvalue weighted by atomic mass is 16.5. The molecule has 2 fully saturated rings. The number of ether oxygens (including phenoxy) is 1. The molecule has 1 aromatic rings. The number of carbonyl (C=O) groups is 1. The van der Waals surface area contributed by atoms with Gasteiger partial charge in [0.2, 0.25) is 5.91 Å². The molecule has 23 heavy (non-hydrogen) atoms. The van der Waals surface area contributed by atoms with Crippen LogP contribution in [0.25, 0.3) is 0 Å². The standard InChI is InChI=1S/C17H22N4O2/c18-13-14-5-6-19-16(12-14)20-7-9-21(10-8-20)17(22)4-3-15-2-1-11-23-15/h5-6,12,15H,1-4,7-11H2. The van der Waals surface area contributed by atoms with E-state index < -0.39 is 0 Å². The van der Waals surface area contributed by atoms with Gasteiger partial charge in [0.1, 0.15) is 5.82 Å². The van der Waals surface area contributed by atoms with Crippen LogP contribution in [-0.2, 0) is 9.53 Å². The van der Waals surface area contributed by atoms with Gasteiger partial charge in [0.05, 0.1) is 17.7 Å². The lowest BCUT2D eigenvalue weighted by Gasteiger charge is -2.35. The van der Waals surface area contributed by atoms with Crippen LogP contribution in [0, 0.1) is 11.3 Å². The molecule has 0 saturated carbocycles. The van der Waals surface area contributed by atoms with Crippen LogP contribution in [0.1, 0.15) is 31.2 Å². The Kier molecular flexibility index (Phi) is 5.09. The average molecular weight is 314 g/mol. The monoisotopic (exact) mass is 314 g/mol. The predicted octanol–water partition coefficient (Wildman–Crippen LogP) is 1.56. The highest BCUT2D eigenvalue weighted by Gasteiger charge is 2.23. The van der Waals surface area contributed by atoms with Crippen molar-refractivity contribution in [3.63, 3.8) is 0 Å². The second-order valence-electron chi connectivity index (χ2n) is 6.06. The number of hydrogen-bond acceptors (Lipinski definition) is 5. The highest BCUT2D eigenvalue weighted by molar-refractivity contribution is 5.76. The molecular weight excluding hydrogens is 292 g/mol. The first-order chi connectivity index (χ1) is 11.3. The largest absolute Gasteiger partial charge is 0.378 e. The molecule has 6 nitrogen and oxygen atoms in total. The fourth-order valence-electron chi connectivity index (χ4n) is 3.16. The summed E-state index contributed by atoms with van der Waals surface area (Å²) in [6.07, 6.45) is 5.55. The van der Waals surface area contributed by atoms with Gasteiger partial charge in [-0.1, -0.05) is 0 Å². The lowest BCUT2D eigenvalue weighted by atomic mass is 10.1. The first kappa shape index (κ1) is 15.8. The molecule has 1 amide bonds. The number of rotatable bonds is 4. The number of hydrogen-bond donors (Lipinski definition) is 0. The number of amides is 1. The Balaban J connectivity index is 1.47. The van der Waals surface area contributed by atoms with E-state index in [9.17, 15) is 4.79 Å². The van der Waals surface area contributed by atoms with E-state index in [1.807, 2.05) is 4.90 Å². The zero-order valence-electron chi connectivity index (χ0n) is 13.3. The summed E-state index contributed by atoms with van der Waals surface area (Å²) in [5, 5.41) is 8.96. The number of anilines is 1. The Morgan fingerprint density at radius 2 is 2.22 bits per heavy atom. The maximum atomic E-state index is 12.3. The maximum Gasteiger partial charge on any atom is 0.222 e. The summed E-state index contributed by atoms with van der Waals surface area (Å²) >= 11 is 0. The van der Waals surface area contributed by atoms with E-state index >= 15 is 0 Å². The first-order valence-corrected chi connectivity index (χ1v) is 8.27. The number of aromatic nitrogens is 1. The van der Waals surface area contributed by atoms with Crippen molar-refractivity contribution in [1.82, 2.24) is 9.88 Å². The van der Waals surface area contributed by atoms with Crippen molar-refractivity contribution in [2.45, 2.75) is 31.8 Å². The van der Waals surface area contributed by atoms with E-state index in [-0.39, 0.29) is 12.0 Å². The quantitative estimate of drug-likeness (QED) is 0.843. The van der Waals surface area contributed by atoms with Crippen LogP contribution in [0.3, 0.4) is 0 Å². The molecule has 0 aliphatic carbocycles. The van der Waals surface area contributed by atoms with Crippen LogP contribution in [-0.4, -0.2) is 54.7 Å². The summed E-state index contributed by atoms with van der Waals surface area (Å²) < 4.78 is 5.57. The minimum Gasteiger partial charge on any atom is -0.378 e. The van der Waals surface area contributed by atoms with Crippen molar-refractivity contribution in [3.8, 4) is 6.07 Å². The summed E-state index contributed by atoms with van der Waals surface area (Å²) in [7, 11) is 0. The van der Waals surface area contributed by atoms with Crippen molar-refractivity contribution in [2.75, 3.05) is 37.7 Å². The number of piperazine rings is 1. The Hall–Kier alpha value is -2.13. The lowest BCUT2D eigenvalue weighted by Crippen LogP contribution is -2.49. The SMILES string of the molecule is N#Cc1ccnc(N2CCN(C(=O)CCC3CCCO3)CC2)c1. The van der Waals surface area contributed by atoms with Crippen molar-refractivity contribution in [3.05, 3.63) is 23.9 Å². The van der Waals surface area contributed by atoms with Crippen LogP contribution in [0.4, 0.5) is 5.82 Å². The van der Waals surface area contributed by atoms with Gasteiger partial charge in [0.25, 0.3) is 0 Å². The van der Waals surface area contributed by atoms with Crippen LogP contribution >= 0.6 is 0 Å². The molecule has 2 aliphatic heterocycles. The fourth-order valence-corrected chi connectivity index (χ4v) is 3.16. The van der Waals surface area contributed by atoms with Crippen molar-refractivity contribution < 1.29 is 9.53 Å². The topological polar surface area (TPSA) is 69.5 Å². The van der Waals surface area contributed by atoms with Gasteiger partial charge in [-0.2, -0.15) is 5.26 Å². The van der Waals surface area contributed by atoms with E-state index in [1.54, 1.807) is 18.3 Å². The first-order valence-electron chi connectivity index (χ1n) is 8.27. The summed E-state index contributed by atoms with van der Waals surface area (Å²) in [6, 6.07) is 5.64. The van der Waals surface area contributed by atoms with E-state index in [1.165, 1.54) is 0 Å². The van der Waals surface area contributed by atoms with Gasteiger partial charge in [-0.05, 0) is 31.4 Å². The molecular formula is C17H22N4O2. The van der Waals surface area contributed by atoms with Crippen molar-refractivity contribution >= 4 is 11.7 Å². The molecule has 0 spiro atoms. The molecule has 3 rings (SSSR count). The molecule has 0 radical (unpaired) electrons. The Morgan fingerprint density at radius 1 is 1.39 bits per heavy atom. The molecule has 6 heteroatoms. The van der Waals surface area contributed by atoms with Gasteiger partial charge in [-0.25, -0.2) is 4.98 Å². The zero-order chi connectivity index (χ0) is 16.1. The smallest absolute Gasteiger partial charge is 0.222 e. The summed E-state index contributed by atoms with van der Waals surface area (Å²) in [4.78, 5) is 20.7. The zero-order valence-corrected chi connectivity index (χ0v) is 13.3. The molecule has 1 aromatic heterocycles. The van der Waals surface area contributed by atoms with E-state index in [2.05, 4.69) is 16.0 Å². The Bertz CT molecular complexity index is 585. The maximum absolute atomic E-state index is 12.3. The molecule has 0 aromatic carbocycles. The Labute approximate surface area is 136 Å². The number of pyridine rings is 1. The fraction of sp³-hybridized carbons (Fsp3) is 0.588. The van der Waals surface area contributed by atoms with Crippen LogP contribution in [0.15, 0.2) is 18.3 Å². The predicted molar refractivity (Wildman–Crippen MR) is 86.0 cm³/mol. The normalized spacial score (nSPS) is 21.3. The third-order valence-electron chi connectivity index (χ3n) is 4.54. The summed E-state index contributed by atoms with van der Waals surface area (Å²) in [5.74, 6) is 1.04. The number of nitrogens with zero attached hydrogens (tertiary/aromatic N) is 4. The van der Waals surface area contributed by atoms with E-state index in [0.29, 0.717) is 25.1 Å². The summed E-state index contributed by atoms with van der Waals surface area (Å²) in [5.41, 5.74) is 0.616. The van der Waals surface area contributed by atoms with Gasteiger partial charge >= 0.3 is 0 Å². The third-order valence-corrected chi connectivity index (χ3v) is 4.54. The Morgan fingerprint density at radius 3 is 2.91 bits per heavy atom. The summed E-state index contributed by atoms with van der Waals surface area (Å²) in [6.45, 7) is 3.78. The van der Waals surface area contributed by atoms with Crippen LogP contribution < -0.4 is 4.90 Å². The van der Waals surface area contributed by atoms with Gasteiger partial charge < -0.3 is 14.5 Å². The lowest BCUT2D eigenvalue weighted by molar-refractivity contribution is -0.132. The minimum atomic E-state index is 0.221. The van der Waals surface area contributed by atoms with Crippen LogP contribution in [0.2, 0.25) is 0 Å². The van der Waals surface area contributed by atoms with Gasteiger partial charge in [-0.15, -0.1) is 0 Å². The van der Waals surface area contributed by atoms with Crippen LogP contribution in [0.5, 0.6) is 0 Å². The minimum absolute atomic E-state index is 0.221.